The minimum atomic E-state index is 0.349. The van der Waals surface area contributed by atoms with Gasteiger partial charge in [-0.3, -0.25) is 0 Å². The van der Waals surface area contributed by atoms with Crippen molar-refractivity contribution in [2.45, 2.75) is 52.5 Å². The summed E-state index contributed by atoms with van der Waals surface area (Å²) < 4.78 is 1.95. The van der Waals surface area contributed by atoms with Crippen molar-refractivity contribution < 1.29 is 0 Å². The highest BCUT2D eigenvalue weighted by Crippen LogP contribution is 2.43. The number of nitrogens with two attached hydrogens (primary N) is 1. The molecule has 5 nitrogen and oxygen atoms in total. The molecule has 1 aromatic carbocycles. The monoisotopic (exact) mass is 285 g/mol. The molecule has 1 aliphatic carbocycles. The zero-order chi connectivity index (χ0) is 14.9. The molecular weight excluding hydrogens is 262 g/mol. The van der Waals surface area contributed by atoms with E-state index in [1.54, 1.807) is 0 Å². The molecule has 0 radical (unpaired) electrons. The lowest BCUT2D eigenvalue weighted by atomic mass is 9.83. The Morgan fingerprint density at radius 3 is 2.71 bits per heavy atom. The fourth-order valence-corrected chi connectivity index (χ4v) is 3.55. The van der Waals surface area contributed by atoms with E-state index in [1.165, 1.54) is 32.1 Å². The number of tetrazole rings is 1. The Balaban J connectivity index is 1.98. The van der Waals surface area contributed by atoms with Gasteiger partial charge in [0.15, 0.2) is 5.82 Å². The largest absolute Gasteiger partial charge is 0.398 e. The van der Waals surface area contributed by atoms with E-state index < -0.39 is 0 Å². The van der Waals surface area contributed by atoms with Crippen molar-refractivity contribution in [3.05, 3.63) is 23.8 Å². The minimum Gasteiger partial charge on any atom is -0.398 e. The van der Waals surface area contributed by atoms with E-state index >= 15 is 0 Å². The first-order valence-electron chi connectivity index (χ1n) is 7.77. The van der Waals surface area contributed by atoms with Crippen LogP contribution < -0.4 is 5.73 Å². The van der Waals surface area contributed by atoms with Gasteiger partial charge in [-0.2, -0.15) is 0 Å². The average molecular weight is 285 g/mol. The molecule has 2 N–H and O–H groups in total. The quantitative estimate of drug-likeness (QED) is 0.876. The number of rotatable bonds is 4. The van der Waals surface area contributed by atoms with E-state index in [-0.39, 0.29) is 0 Å². The molecule has 0 saturated heterocycles. The van der Waals surface area contributed by atoms with E-state index in [9.17, 15) is 0 Å². The molecule has 0 atom stereocenters. The van der Waals surface area contributed by atoms with Gasteiger partial charge in [0.1, 0.15) is 0 Å². The average Bonchev–Trinajstić information content (AvgIpc) is 3.10. The summed E-state index contributed by atoms with van der Waals surface area (Å²) in [5, 5.41) is 12.4. The molecule has 1 aromatic heterocycles. The first-order chi connectivity index (χ1) is 10.2. The second kappa shape index (κ2) is 5.47. The summed E-state index contributed by atoms with van der Waals surface area (Å²) in [4.78, 5) is 0. The number of hydrogen-bond donors (Lipinski definition) is 1. The SMILES string of the molecule is CCC1(Cn2nnnc2-c2c(C)cccc2N)CCCC1. The number of anilines is 1. The van der Waals surface area contributed by atoms with Crippen LogP contribution in [0.3, 0.4) is 0 Å². The second-order valence-corrected chi connectivity index (χ2v) is 6.26. The Hall–Kier alpha value is -1.91. The molecule has 0 bridgehead atoms. The summed E-state index contributed by atoms with van der Waals surface area (Å²) in [6, 6.07) is 5.93. The van der Waals surface area contributed by atoms with Crippen molar-refractivity contribution in [2.24, 2.45) is 5.41 Å². The van der Waals surface area contributed by atoms with Crippen molar-refractivity contribution in [3.63, 3.8) is 0 Å². The van der Waals surface area contributed by atoms with Crippen molar-refractivity contribution >= 4 is 5.69 Å². The third-order valence-electron chi connectivity index (χ3n) is 4.96. The van der Waals surface area contributed by atoms with Crippen LogP contribution in [-0.2, 0) is 6.54 Å². The van der Waals surface area contributed by atoms with E-state index in [0.717, 1.165) is 29.2 Å². The van der Waals surface area contributed by atoms with Crippen LogP contribution in [-0.4, -0.2) is 20.2 Å². The van der Waals surface area contributed by atoms with Crippen LogP contribution in [0.4, 0.5) is 5.69 Å². The molecule has 1 heterocycles. The Bertz CT molecular complexity index is 605. The van der Waals surface area contributed by atoms with Gasteiger partial charge in [-0.05, 0) is 53.7 Å². The highest BCUT2D eigenvalue weighted by atomic mass is 15.5. The summed E-state index contributed by atoms with van der Waals surface area (Å²) in [5.41, 5.74) is 9.31. The van der Waals surface area contributed by atoms with Crippen LogP contribution in [0, 0.1) is 12.3 Å². The normalized spacial score (nSPS) is 17.2. The van der Waals surface area contributed by atoms with Gasteiger partial charge in [0.2, 0.25) is 0 Å². The summed E-state index contributed by atoms with van der Waals surface area (Å²) in [6.07, 6.45) is 6.35. The maximum Gasteiger partial charge on any atom is 0.184 e. The van der Waals surface area contributed by atoms with Gasteiger partial charge in [-0.1, -0.05) is 31.9 Å². The second-order valence-electron chi connectivity index (χ2n) is 6.26. The molecule has 0 spiro atoms. The van der Waals surface area contributed by atoms with Gasteiger partial charge in [-0.25, -0.2) is 4.68 Å². The predicted octanol–water partition coefficient (Wildman–Crippen LogP) is 3.20. The third-order valence-corrected chi connectivity index (χ3v) is 4.96. The molecule has 0 aliphatic heterocycles. The van der Waals surface area contributed by atoms with Crippen LogP contribution >= 0.6 is 0 Å². The van der Waals surface area contributed by atoms with E-state index in [0.29, 0.717) is 5.41 Å². The number of aryl methyl sites for hydroxylation is 1. The van der Waals surface area contributed by atoms with Gasteiger partial charge in [0.25, 0.3) is 0 Å². The number of benzene rings is 1. The first kappa shape index (κ1) is 14.0. The summed E-state index contributed by atoms with van der Waals surface area (Å²) in [7, 11) is 0. The van der Waals surface area contributed by atoms with E-state index in [1.807, 2.05) is 16.8 Å². The fourth-order valence-electron chi connectivity index (χ4n) is 3.55. The molecule has 21 heavy (non-hydrogen) atoms. The molecule has 1 fully saturated rings. The van der Waals surface area contributed by atoms with Crippen molar-refractivity contribution in [1.29, 1.82) is 0 Å². The lowest BCUT2D eigenvalue weighted by molar-refractivity contribution is 0.226. The molecule has 0 amide bonds. The number of nitrogens with zero attached hydrogens (tertiary/aromatic N) is 4. The molecule has 2 aromatic rings. The van der Waals surface area contributed by atoms with Crippen LogP contribution in [0.25, 0.3) is 11.4 Å². The fraction of sp³-hybridized carbons (Fsp3) is 0.562. The predicted molar refractivity (Wildman–Crippen MR) is 83.6 cm³/mol. The smallest absolute Gasteiger partial charge is 0.184 e. The summed E-state index contributed by atoms with van der Waals surface area (Å²) in [5.74, 6) is 0.797. The Morgan fingerprint density at radius 1 is 1.29 bits per heavy atom. The maximum atomic E-state index is 6.15. The van der Waals surface area contributed by atoms with Gasteiger partial charge in [0.05, 0.1) is 6.54 Å². The van der Waals surface area contributed by atoms with Gasteiger partial charge < -0.3 is 5.73 Å². The highest BCUT2D eigenvalue weighted by Gasteiger charge is 2.33. The Morgan fingerprint density at radius 2 is 2.05 bits per heavy atom. The van der Waals surface area contributed by atoms with Gasteiger partial charge in [0, 0.05) is 11.3 Å². The van der Waals surface area contributed by atoms with Crippen LogP contribution in [0.15, 0.2) is 18.2 Å². The number of nitrogen functional groups attached to an aromatic ring is 1. The highest BCUT2D eigenvalue weighted by molar-refractivity contribution is 5.74. The maximum absolute atomic E-state index is 6.15. The Kier molecular flexibility index (Phi) is 3.66. The van der Waals surface area contributed by atoms with Crippen molar-refractivity contribution in [3.8, 4) is 11.4 Å². The lowest BCUT2D eigenvalue weighted by Crippen LogP contribution is -2.24. The lowest BCUT2D eigenvalue weighted by Gasteiger charge is -2.27. The molecule has 3 rings (SSSR count). The van der Waals surface area contributed by atoms with Crippen molar-refractivity contribution in [1.82, 2.24) is 20.2 Å². The molecule has 5 heteroatoms. The molecule has 0 unspecified atom stereocenters. The van der Waals surface area contributed by atoms with Crippen LogP contribution in [0.1, 0.15) is 44.6 Å². The standard InChI is InChI=1S/C16H23N5/c1-3-16(9-4-5-10-16)11-21-15(18-19-20-21)14-12(2)7-6-8-13(14)17/h6-8H,3-5,9-11,17H2,1-2H3. The van der Waals surface area contributed by atoms with Crippen molar-refractivity contribution in [2.75, 3.05) is 5.73 Å². The molecule has 1 saturated carbocycles. The first-order valence-corrected chi connectivity index (χ1v) is 7.77. The third kappa shape index (κ3) is 2.52. The Labute approximate surface area is 125 Å². The molecule has 112 valence electrons. The summed E-state index contributed by atoms with van der Waals surface area (Å²) >= 11 is 0. The molecule has 1 aliphatic rings. The molecular formula is C16H23N5. The van der Waals surface area contributed by atoms with Gasteiger partial charge >= 0.3 is 0 Å². The topological polar surface area (TPSA) is 69.6 Å². The van der Waals surface area contributed by atoms with Crippen LogP contribution in [0.5, 0.6) is 0 Å². The van der Waals surface area contributed by atoms with Gasteiger partial charge in [-0.15, -0.1) is 5.10 Å². The van der Waals surface area contributed by atoms with E-state index in [2.05, 4.69) is 35.4 Å². The minimum absolute atomic E-state index is 0.349. The number of aromatic nitrogens is 4. The zero-order valence-corrected chi connectivity index (χ0v) is 12.8. The summed E-state index contributed by atoms with van der Waals surface area (Å²) in [6.45, 7) is 5.22. The van der Waals surface area contributed by atoms with E-state index in [4.69, 9.17) is 5.73 Å². The zero-order valence-electron chi connectivity index (χ0n) is 12.8. The number of hydrogen-bond acceptors (Lipinski definition) is 4. The van der Waals surface area contributed by atoms with Crippen LogP contribution in [0.2, 0.25) is 0 Å².